The van der Waals surface area contributed by atoms with Crippen molar-refractivity contribution in [1.82, 2.24) is 10.6 Å². The van der Waals surface area contributed by atoms with Gasteiger partial charge in [-0.25, -0.2) is 0 Å². The van der Waals surface area contributed by atoms with Crippen molar-refractivity contribution in [2.24, 2.45) is 0 Å². The van der Waals surface area contributed by atoms with Gasteiger partial charge in [0.1, 0.15) is 32.2 Å². The molecule has 0 bridgehead atoms. The van der Waals surface area contributed by atoms with E-state index in [1.165, 1.54) is 24.3 Å². The number of carbonyl (C=O) groups is 2. The highest BCUT2D eigenvalue weighted by Crippen LogP contribution is 2.24. The summed E-state index contributed by atoms with van der Waals surface area (Å²) in [4.78, 5) is 49.0. The maximum absolute atomic E-state index is 13.8. The number of non-ortho nitro benzene ring substituents is 2. The molecule has 0 radical (unpaired) electrons. The van der Waals surface area contributed by atoms with Crippen molar-refractivity contribution in [3.05, 3.63) is 116 Å². The molecule has 2 heterocycles. The SMILES string of the molecule is O=C(C[N+]1(Cc2ccc([N+](=O)[O-])cc2)CCCCC1)N[C@@H](Cc1ccccc1)C(=O)NCC[N+]1(Cc2ccc([N+](=O)[O-])cc2)CCOCC1.[Br-].[Br-]. The second-order valence-electron chi connectivity index (χ2n) is 13.4. The van der Waals surface area contributed by atoms with Gasteiger partial charge in [0.05, 0.1) is 49.2 Å². The maximum atomic E-state index is 13.8. The van der Waals surface area contributed by atoms with Gasteiger partial charge in [-0.2, -0.15) is 0 Å². The minimum absolute atomic E-state index is 0. The lowest BCUT2D eigenvalue weighted by molar-refractivity contribution is -0.946. The number of hydrogen-bond donors (Lipinski definition) is 2. The number of carbonyl (C=O) groups excluding carboxylic acids is 2. The average Bonchev–Trinajstić information content (AvgIpc) is 3.09. The number of piperidine rings is 1. The van der Waals surface area contributed by atoms with E-state index >= 15 is 0 Å². The Morgan fingerprint density at radius 2 is 1.24 bits per heavy atom. The lowest BCUT2D eigenvalue weighted by Gasteiger charge is -2.41. The molecule has 2 aliphatic rings. The fourth-order valence-electron chi connectivity index (χ4n) is 7.11. The Bertz CT molecular complexity index is 1580. The third-order valence-electron chi connectivity index (χ3n) is 9.81. The second-order valence-corrected chi connectivity index (χ2v) is 13.4. The van der Waals surface area contributed by atoms with Gasteiger partial charge in [-0.05, 0) is 49.1 Å². The first-order valence-electron chi connectivity index (χ1n) is 17.0. The summed E-state index contributed by atoms with van der Waals surface area (Å²) in [6, 6.07) is 22.0. The maximum Gasteiger partial charge on any atom is 0.275 e. The van der Waals surface area contributed by atoms with Gasteiger partial charge in [-0.1, -0.05) is 30.3 Å². The number of likely N-dealkylation sites (tertiary alicyclic amines) is 1. The standard InChI is InChI=1S/C36H44N6O7.2BrH/c43-35(28-42(18-5-2-6-19-42)27-31-11-15-33(16-12-31)40(47)48)38-34(25-29-7-3-1-4-8-29)36(44)37-17-20-41(21-23-49-24-22-41)26-30-9-13-32(14-10-30)39(45)46;;/h1,3-4,7-16,34H,2,5-6,17-28H2;2*1H/t34-;;/m0../s1. The van der Waals surface area contributed by atoms with Crippen molar-refractivity contribution in [3.8, 4) is 0 Å². The van der Waals surface area contributed by atoms with Gasteiger partial charge in [-0.3, -0.25) is 29.8 Å². The highest BCUT2D eigenvalue weighted by molar-refractivity contribution is 5.88. The largest absolute Gasteiger partial charge is 1.00 e. The molecular formula is C36H46Br2N6O7. The predicted octanol–water partition coefficient (Wildman–Crippen LogP) is -2.10. The second kappa shape index (κ2) is 19.7. The first-order chi connectivity index (χ1) is 23.6. The molecule has 3 aromatic rings. The predicted molar refractivity (Wildman–Crippen MR) is 183 cm³/mol. The number of ether oxygens (including phenoxy) is 1. The summed E-state index contributed by atoms with van der Waals surface area (Å²) in [7, 11) is 0. The third kappa shape index (κ3) is 12.2. The highest BCUT2D eigenvalue weighted by atomic mass is 79.9. The zero-order chi connectivity index (χ0) is 34.7. The molecule has 0 saturated carbocycles. The van der Waals surface area contributed by atoms with Crippen LogP contribution in [0.5, 0.6) is 0 Å². The first-order valence-corrected chi connectivity index (χ1v) is 17.0. The molecule has 276 valence electrons. The van der Waals surface area contributed by atoms with E-state index in [0.717, 1.165) is 62.1 Å². The van der Waals surface area contributed by atoms with Crippen LogP contribution < -0.4 is 44.6 Å². The molecule has 0 aliphatic carbocycles. The number of benzene rings is 3. The zero-order valence-electron chi connectivity index (χ0n) is 28.6. The van der Waals surface area contributed by atoms with Gasteiger partial charge in [0, 0.05) is 41.8 Å². The Morgan fingerprint density at radius 1 is 0.706 bits per heavy atom. The van der Waals surface area contributed by atoms with Crippen molar-refractivity contribution in [2.75, 3.05) is 59.0 Å². The van der Waals surface area contributed by atoms with Crippen LogP contribution in [0.4, 0.5) is 11.4 Å². The number of halogens is 2. The summed E-state index contributed by atoms with van der Waals surface area (Å²) in [6.07, 6.45) is 3.41. The number of morpholine rings is 1. The van der Waals surface area contributed by atoms with E-state index in [0.29, 0.717) is 54.8 Å². The molecule has 0 unspecified atom stereocenters. The van der Waals surface area contributed by atoms with Crippen LogP contribution in [0, 0.1) is 20.2 Å². The van der Waals surface area contributed by atoms with Crippen molar-refractivity contribution in [3.63, 3.8) is 0 Å². The van der Waals surface area contributed by atoms with E-state index in [4.69, 9.17) is 4.74 Å². The minimum atomic E-state index is -0.771. The fourth-order valence-corrected chi connectivity index (χ4v) is 7.11. The van der Waals surface area contributed by atoms with Crippen LogP contribution in [0.15, 0.2) is 78.9 Å². The molecule has 2 saturated heterocycles. The molecule has 3 aromatic carbocycles. The lowest BCUT2D eigenvalue weighted by atomic mass is 10.0. The summed E-state index contributed by atoms with van der Waals surface area (Å²) >= 11 is 0. The molecule has 2 fully saturated rings. The van der Waals surface area contributed by atoms with Gasteiger partial charge in [-0.15, -0.1) is 0 Å². The normalized spacial score (nSPS) is 16.7. The Labute approximate surface area is 319 Å². The van der Waals surface area contributed by atoms with Crippen LogP contribution in [0.2, 0.25) is 0 Å². The molecule has 0 aromatic heterocycles. The number of nitrogens with zero attached hydrogens (tertiary/aromatic N) is 4. The summed E-state index contributed by atoms with van der Waals surface area (Å²) in [5.41, 5.74) is 2.94. The van der Waals surface area contributed by atoms with Crippen LogP contribution >= 0.6 is 0 Å². The van der Waals surface area contributed by atoms with E-state index < -0.39 is 15.9 Å². The molecule has 5 rings (SSSR count). The molecule has 2 aliphatic heterocycles. The zero-order valence-corrected chi connectivity index (χ0v) is 31.8. The molecule has 1 atom stereocenters. The van der Waals surface area contributed by atoms with Gasteiger partial charge >= 0.3 is 0 Å². The van der Waals surface area contributed by atoms with Crippen LogP contribution in [-0.2, 0) is 33.8 Å². The van der Waals surface area contributed by atoms with Crippen LogP contribution in [0.3, 0.4) is 0 Å². The van der Waals surface area contributed by atoms with Crippen LogP contribution in [-0.4, -0.2) is 95.7 Å². The number of amides is 2. The van der Waals surface area contributed by atoms with Crippen molar-refractivity contribution >= 4 is 23.2 Å². The average molecular weight is 835 g/mol. The lowest BCUT2D eigenvalue weighted by Crippen LogP contribution is -3.00. The van der Waals surface area contributed by atoms with E-state index in [2.05, 4.69) is 10.6 Å². The minimum Gasteiger partial charge on any atom is -1.00 e. The van der Waals surface area contributed by atoms with Crippen LogP contribution in [0.1, 0.15) is 36.0 Å². The molecule has 15 heteroatoms. The Balaban J connectivity index is 0.00000351. The third-order valence-corrected chi connectivity index (χ3v) is 9.81. The number of quaternary nitrogens is 2. The Kier molecular flexibility index (Phi) is 16.1. The summed E-state index contributed by atoms with van der Waals surface area (Å²) in [5, 5.41) is 28.4. The molecule has 13 nitrogen and oxygen atoms in total. The summed E-state index contributed by atoms with van der Waals surface area (Å²) in [6.45, 7) is 6.83. The van der Waals surface area contributed by atoms with Crippen molar-refractivity contribution in [2.45, 2.75) is 44.8 Å². The molecule has 2 amide bonds. The Morgan fingerprint density at radius 3 is 1.76 bits per heavy atom. The number of nitro benzene ring substituents is 2. The highest BCUT2D eigenvalue weighted by Gasteiger charge is 2.35. The fraction of sp³-hybridized carbons (Fsp3) is 0.444. The number of nitro groups is 2. The summed E-state index contributed by atoms with van der Waals surface area (Å²) in [5.74, 6) is -0.450. The van der Waals surface area contributed by atoms with E-state index in [-0.39, 0.29) is 63.7 Å². The summed E-state index contributed by atoms with van der Waals surface area (Å²) < 4.78 is 6.86. The monoisotopic (exact) mass is 832 g/mol. The molecule has 2 N–H and O–H groups in total. The smallest absolute Gasteiger partial charge is 0.275 e. The Hall–Kier alpha value is -3.76. The molecular weight excluding hydrogens is 788 g/mol. The first kappa shape index (κ1) is 41.7. The van der Waals surface area contributed by atoms with Gasteiger partial charge < -0.3 is 58.3 Å². The quantitative estimate of drug-likeness (QED) is 0.101. The number of nitrogens with one attached hydrogen (secondary N) is 2. The number of rotatable bonds is 15. The van der Waals surface area contributed by atoms with Crippen molar-refractivity contribution in [1.29, 1.82) is 0 Å². The van der Waals surface area contributed by atoms with Gasteiger partial charge in [0.15, 0.2) is 6.54 Å². The number of hydrogen-bond acceptors (Lipinski definition) is 7. The van der Waals surface area contributed by atoms with Crippen molar-refractivity contribution < 1.29 is 67.1 Å². The van der Waals surface area contributed by atoms with Gasteiger partial charge in [0.2, 0.25) is 5.91 Å². The molecule has 51 heavy (non-hydrogen) atoms. The van der Waals surface area contributed by atoms with E-state index in [1.807, 2.05) is 30.3 Å². The molecule has 0 spiro atoms. The topological polar surface area (TPSA) is 154 Å². The van der Waals surface area contributed by atoms with E-state index in [1.54, 1.807) is 24.3 Å². The van der Waals surface area contributed by atoms with Crippen LogP contribution in [0.25, 0.3) is 0 Å². The van der Waals surface area contributed by atoms with Gasteiger partial charge in [0.25, 0.3) is 17.3 Å². The van der Waals surface area contributed by atoms with E-state index in [9.17, 15) is 29.8 Å².